The average Bonchev–Trinajstić information content (AvgIpc) is 3.00. The molecule has 0 radical (unpaired) electrons. The van der Waals surface area contributed by atoms with Crippen LogP contribution in [0.1, 0.15) is 26.3 Å². The number of amides is 1. The number of nitrogens with one attached hydrogen (secondary N) is 1. The predicted molar refractivity (Wildman–Crippen MR) is 120 cm³/mol. The van der Waals surface area contributed by atoms with Gasteiger partial charge in [0.2, 0.25) is 5.91 Å². The number of methoxy groups -OCH3 is 2. The summed E-state index contributed by atoms with van der Waals surface area (Å²) in [7, 11) is 3.08. The number of carbonyl (C=O) groups excluding carboxylic acids is 2. The molecule has 1 aromatic carbocycles. The van der Waals surface area contributed by atoms with Crippen LogP contribution in [0.25, 0.3) is 12.2 Å². The number of carbonyl (C=O) groups is 2. The van der Waals surface area contributed by atoms with Crippen LogP contribution in [-0.2, 0) is 20.9 Å². The highest BCUT2D eigenvalue weighted by Crippen LogP contribution is 2.22. The minimum atomic E-state index is -0.574. The van der Waals surface area contributed by atoms with Gasteiger partial charge in [0.25, 0.3) is 5.56 Å². The molecule has 0 bridgehead atoms. The van der Waals surface area contributed by atoms with Crippen molar-refractivity contribution in [1.82, 2.24) is 9.88 Å². The molecule has 2 rings (SSSR count). The number of aromatic nitrogens is 1. The Balaban J connectivity index is 2.56. The molecule has 0 fully saturated rings. The topological polar surface area (TPSA) is 95.9 Å². The fourth-order valence-corrected chi connectivity index (χ4v) is 3.69. The van der Waals surface area contributed by atoms with Crippen molar-refractivity contribution in [2.45, 2.75) is 27.3 Å². The summed E-state index contributed by atoms with van der Waals surface area (Å²) in [5, 5.41) is 2.79. The molecule has 0 aliphatic carbocycles. The van der Waals surface area contributed by atoms with Gasteiger partial charge in [0.1, 0.15) is 22.7 Å². The van der Waals surface area contributed by atoms with Crippen LogP contribution < -0.4 is 29.5 Å². The monoisotopic (exact) mass is 448 g/mol. The number of ether oxygens (including phenoxy) is 3. The molecule has 1 amide bonds. The molecule has 0 unspecified atom stereocenters. The molecule has 0 aliphatic heterocycles. The fourth-order valence-electron chi connectivity index (χ4n) is 2.66. The highest BCUT2D eigenvalue weighted by atomic mass is 32.1. The minimum Gasteiger partial charge on any atom is -0.497 e. The molecule has 1 N–H and O–H groups in total. The third-order valence-electron chi connectivity index (χ3n) is 4.15. The van der Waals surface area contributed by atoms with Gasteiger partial charge in [-0.3, -0.25) is 14.2 Å². The molecule has 0 saturated carbocycles. The second kappa shape index (κ2) is 11.4. The molecule has 1 heterocycles. The smallest absolute Gasteiger partial charge is 0.333 e. The van der Waals surface area contributed by atoms with E-state index in [0.29, 0.717) is 32.8 Å². The van der Waals surface area contributed by atoms with Crippen LogP contribution in [0.2, 0.25) is 0 Å². The Labute approximate surface area is 184 Å². The van der Waals surface area contributed by atoms with Gasteiger partial charge in [-0.2, -0.15) is 0 Å². The van der Waals surface area contributed by atoms with E-state index >= 15 is 0 Å². The summed E-state index contributed by atoms with van der Waals surface area (Å²) in [5.74, 6) is 0.555. The SMILES string of the molecule is CCOC(=O)C=c1sc(=Cc2cc(OC)cc(OC)c2)c(=O)n1CC(=O)NCC(C)C. The molecular weight excluding hydrogens is 420 g/mol. The average molecular weight is 449 g/mol. The van der Waals surface area contributed by atoms with Crippen LogP contribution >= 0.6 is 11.3 Å². The van der Waals surface area contributed by atoms with Crippen LogP contribution in [0.15, 0.2) is 23.0 Å². The summed E-state index contributed by atoms with van der Waals surface area (Å²) < 4.78 is 17.5. The summed E-state index contributed by atoms with van der Waals surface area (Å²) in [6, 6.07) is 5.25. The largest absolute Gasteiger partial charge is 0.497 e. The quantitative estimate of drug-likeness (QED) is 0.572. The van der Waals surface area contributed by atoms with Crippen LogP contribution in [0.4, 0.5) is 0 Å². The third kappa shape index (κ3) is 6.99. The van der Waals surface area contributed by atoms with Gasteiger partial charge < -0.3 is 19.5 Å². The summed E-state index contributed by atoms with van der Waals surface area (Å²) >= 11 is 1.11. The molecule has 9 heteroatoms. The molecule has 0 spiro atoms. The Morgan fingerprint density at radius 3 is 2.35 bits per heavy atom. The predicted octanol–water partition coefficient (Wildman–Crippen LogP) is 0.872. The van der Waals surface area contributed by atoms with Crippen LogP contribution in [0.3, 0.4) is 0 Å². The maximum atomic E-state index is 13.0. The van der Waals surface area contributed by atoms with Gasteiger partial charge in [-0.1, -0.05) is 13.8 Å². The van der Waals surface area contributed by atoms with Crippen molar-refractivity contribution in [1.29, 1.82) is 0 Å². The number of hydrogen-bond donors (Lipinski definition) is 1. The Morgan fingerprint density at radius 2 is 1.81 bits per heavy atom. The van der Waals surface area contributed by atoms with Crippen molar-refractivity contribution in [3.05, 3.63) is 43.3 Å². The van der Waals surface area contributed by atoms with Crippen LogP contribution in [-0.4, -0.2) is 43.8 Å². The van der Waals surface area contributed by atoms with E-state index in [-0.39, 0.29) is 30.5 Å². The first kappa shape index (κ1) is 24.2. The number of hydrogen-bond acceptors (Lipinski definition) is 7. The first-order valence-electron chi connectivity index (χ1n) is 9.87. The second-order valence-corrected chi connectivity index (χ2v) is 8.14. The Bertz CT molecular complexity index is 1080. The molecule has 2 aromatic rings. The molecule has 0 saturated heterocycles. The third-order valence-corrected chi connectivity index (χ3v) is 5.20. The van der Waals surface area contributed by atoms with Gasteiger partial charge in [-0.25, -0.2) is 4.79 Å². The summed E-state index contributed by atoms with van der Waals surface area (Å²) in [5.41, 5.74) is 0.315. The first-order chi connectivity index (χ1) is 14.8. The number of nitrogens with zero attached hydrogens (tertiary/aromatic N) is 1. The van der Waals surface area contributed by atoms with Gasteiger partial charge in [0, 0.05) is 12.6 Å². The lowest BCUT2D eigenvalue weighted by Gasteiger charge is -2.07. The maximum absolute atomic E-state index is 13.0. The van der Waals surface area contributed by atoms with E-state index in [0.717, 1.165) is 11.3 Å². The van der Waals surface area contributed by atoms with E-state index in [1.807, 2.05) is 13.8 Å². The van der Waals surface area contributed by atoms with Gasteiger partial charge in [0.05, 0.1) is 31.4 Å². The normalized spacial score (nSPS) is 12.2. The Hall–Kier alpha value is -3.07. The Kier molecular flexibility index (Phi) is 8.87. The number of esters is 1. The minimum absolute atomic E-state index is 0.192. The van der Waals surface area contributed by atoms with Gasteiger partial charge in [-0.05, 0) is 36.6 Å². The zero-order valence-corrected chi connectivity index (χ0v) is 19.2. The van der Waals surface area contributed by atoms with Crippen molar-refractivity contribution < 1.29 is 23.8 Å². The van der Waals surface area contributed by atoms with Crippen LogP contribution in [0.5, 0.6) is 11.5 Å². The van der Waals surface area contributed by atoms with E-state index in [4.69, 9.17) is 14.2 Å². The number of benzene rings is 1. The standard InChI is InChI=1S/C22H28N2O6S/c1-6-30-21(26)11-20-24(13-19(25)23-12-14(2)3)22(27)18(31-20)9-15-7-16(28-4)10-17(8-15)29-5/h7-11,14H,6,12-13H2,1-5H3,(H,23,25). The fraction of sp³-hybridized carbons (Fsp3) is 0.409. The van der Waals surface area contributed by atoms with Crippen molar-refractivity contribution in [3.8, 4) is 11.5 Å². The van der Waals surface area contributed by atoms with Crippen molar-refractivity contribution in [2.75, 3.05) is 27.4 Å². The lowest BCUT2D eigenvalue weighted by Crippen LogP contribution is -2.39. The van der Waals surface area contributed by atoms with E-state index in [1.165, 1.54) is 10.6 Å². The van der Waals surface area contributed by atoms with Crippen molar-refractivity contribution >= 4 is 35.4 Å². The second-order valence-electron chi connectivity index (χ2n) is 7.08. The van der Waals surface area contributed by atoms with Crippen molar-refractivity contribution in [3.63, 3.8) is 0 Å². The molecule has 0 atom stereocenters. The zero-order chi connectivity index (χ0) is 23.0. The lowest BCUT2D eigenvalue weighted by molar-refractivity contribution is -0.135. The van der Waals surface area contributed by atoms with Crippen molar-refractivity contribution in [2.24, 2.45) is 5.92 Å². The molecule has 31 heavy (non-hydrogen) atoms. The molecule has 8 nitrogen and oxygen atoms in total. The molecular formula is C22H28N2O6S. The number of thiazole rings is 1. The maximum Gasteiger partial charge on any atom is 0.333 e. The van der Waals surface area contributed by atoms with Gasteiger partial charge in [-0.15, -0.1) is 11.3 Å². The first-order valence-corrected chi connectivity index (χ1v) is 10.7. The molecule has 0 aliphatic rings. The van der Waals surface area contributed by atoms with E-state index < -0.39 is 5.97 Å². The van der Waals surface area contributed by atoms with Gasteiger partial charge >= 0.3 is 5.97 Å². The summed E-state index contributed by atoms with van der Waals surface area (Å²) in [6.07, 6.45) is 2.90. The summed E-state index contributed by atoms with van der Waals surface area (Å²) in [6.45, 7) is 6.17. The van der Waals surface area contributed by atoms with E-state index in [1.54, 1.807) is 45.4 Å². The molecule has 1 aromatic heterocycles. The highest BCUT2D eigenvalue weighted by molar-refractivity contribution is 7.07. The van der Waals surface area contributed by atoms with Crippen LogP contribution in [0, 0.1) is 5.92 Å². The molecule has 168 valence electrons. The highest BCUT2D eigenvalue weighted by Gasteiger charge is 2.12. The lowest BCUT2D eigenvalue weighted by atomic mass is 10.2. The number of rotatable bonds is 9. The summed E-state index contributed by atoms with van der Waals surface area (Å²) in [4.78, 5) is 37.4. The van der Waals surface area contributed by atoms with E-state index in [2.05, 4.69) is 5.32 Å². The Morgan fingerprint density at radius 1 is 1.16 bits per heavy atom. The zero-order valence-electron chi connectivity index (χ0n) is 18.4. The van der Waals surface area contributed by atoms with Gasteiger partial charge in [0.15, 0.2) is 0 Å². The van der Waals surface area contributed by atoms with E-state index in [9.17, 15) is 14.4 Å².